The van der Waals surface area contributed by atoms with Crippen LogP contribution in [0.1, 0.15) is 18.4 Å². The quantitative estimate of drug-likeness (QED) is 0.727. The van der Waals surface area contributed by atoms with Crippen molar-refractivity contribution in [3.63, 3.8) is 0 Å². The topological polar surface area (TPSA) is 78.9 Å². The van der Waals surface area contributed by atoms with Crippen molar-refractivity contribution in [2.45, 2.75) is 19.3 Å². The van der Waals surface area contributed by atoms with E-state index in [1.54, 1.807) is 16.2 Å². The minimum atomic E-state index is -0.0583. The Morgan fingerprint density at radius 1 is 1.46 bits per heavy atom. The van der Waals surface area contributed by atoms with Crippen molar-refractivity contribution in [2.75, 3.05) is 40.0 Å². The number of nitrogens with one attached hydrogen (secondary N) is 1. The van der Waals surface area contributed by atoms with Crippen LogP contribution < -0.4 is 5.32 Å². The molecule has 0 bridgehead atoms. The lowest BCUT2D eigenvalue weighted by molar-refractivity contribution is -0.138. The Bertz CT molecular complexity index is 513. The molecule has 0 saturated carbocycles. The Hall–Kier alpha value is -1.44. The van der Waals surface area contributed by atoms with Crippen LogP contribution >= 0.6 is 11.3 Å². The maximum Gasteiger partial charge on any atom is 0.248 e. The summed E-state index contributed by atoms with van der Waals surface area (Å²) in [5, 5.41) is 16.5. The van der Waals surface area contributed by atoms with Gasteiger partial charge in [0.2, 0.25) is 11.8 Å². The lowest BCUT2D eigenvalue weighted by atomic mass is 9.95. The largest absolute Gasteiger partial charge is 0.396 e. The van der Waals surface area contributed by atoms with Crippen LogP contribution in [0.25, 0.3) is 0 Å². The van der Waals surface area contributed by atoms with Crippen molar-refractivity contribution >= 4 is 23.2 Å². The number of carbonyl (C=O) groups is 2. The number of methoxy groups -OCH3 is 1. The first-order chi connectivity index (χ1) is 11.6. The van der Waals surface area contributed by atoms with Crippen molar-refractivity contribution in [1.29, 1.82) is 0 Å². The molecule has 1 aliphatic heterocycles. The van der Waals surface area contributed by atoms with E-state index in [-0.39, 0.29) is 36.9 Å². The number of ether oxygens (including phenoxy) is 1. The maximum absolute atomic E-state index is 12.3. The standard InChI is InChI=1S/C17H26N2O4S/c1-23-11-16(21)19-5-2-15(3-6-19)17(22)18-9-14(10-20)8-13-4-7-24-12-13/h4,7,12,14-15,20H,2-3,5-6,8-11H2,1H3,(H,18,22)/t14-/m0/s1. The number of aliphatic hydroxyl groups excluding tert-OH is 1. The molecule has 0 aliphatic carbocycles. The molecule has 1 aromatic heterocycles. The van der Waals surface area contributed by atoms with Crippen LogP contribution in [0.3, 0.4) is 0 Å². The van der Waals surface area contributed by atoms with Gasteiger partial charge in [0.05, 0.1) is 0 Å². The Morgan fingerprint density at radius 2 is 2.21 bits per heavy atom. The molecule has 1 fully saturated rings. The maximum atomic E-state index is 12.3. The molecule has 0 aromatic carbocycles. The average Bonchev–Trinajstić information content (AvgIpc) is 3.11. The molecular formula is C17H26N2O4S. The highest BCUT2D eigenvalue weighted by Gasteiger charge is 2.27. The summed E-state index contributed by atoms with van der Waals surface area (Å²) in [7, 11) is 1.51. The van der Waals surface area contributed by atoms with Crippen LogP contribution in [0.5, 0.6) is 0 Å². The highest BCUT2D eigenvalue weighted by molar-refractivity contribution is 7.07. The van der Waals surface area contributed by atoms with Crippen LogP contribution in [0.4, 0.5) is 0 Å². The van der Waals surface area contributed by atoms with Crippen LogP contribution in [-0.2, 0) is 20.7 Å². The van der Waals surface area contributed by atoms with Gasteiger partial charge in [-0.2, -0.15) is 11.3 Å². The summed E-state index contributed by atoms with van der Waals surface area (Å²) in [4.78, 5) is 25.8. The minimum absolute atomic E-state index is 0.0209. The van der Waals surface area contributed by atoms with Gasteiger partial charge in [-0.3, -0.25) is 9.59 Å². The highest BCUT2D eigenvalue weighted by Crippen LogP contribution is 2.18. The molecule has 1 saturated heterocycles. The molecule has 6 nitrogen and oxygen atoms in total. The van der Waals surface area contributed by atoms with Gasteiger partial charge >= 0.3 is 0 Å². The van der Waals surface area contributed by atoms with Gasteiger partial charge in [0.1, 0.15) is 6.61 Å². The first kappa shape index (κ1) is 18.9. The number of piperidine rings is 1. The van der Waals surface area contributed by atoms with E-state index in [9.17, 15) is 14.7 Å². The molecule has 1 aromatic rings. The van der Waals surface area contributed by atoms with E-state index in [1.807, 2.05) is 11.4 Å². The number of nitrogens with zero attached hydrogens (tertiary/aromatic N) is 1. The van der Waals surface area contributed by atoms with E-state index in [0.29, 0.717) is 32.5 Å². The molecule has 134 valence electrons. The van der Waals surface area contributed by atoms with Crippen LogP contribution in [0.15, 0.2) is 16.8 Å². The zero-order valence-corrected chi connectivity index (χ0v) is 14.9. The normalized spacial score (nSPS) is 16.8. The lowest BCUT2D eigenvalue weighted by Crippen LogP contribution is -2.45. The summed E-state index contributed by atoms with van der Waals surface area (Å²) in [5.41, 5.74) is 1.19. The van der Waals surface area contributed by atoms with Gasteiger partial charge < -0.3 is 20.1 Å². The Morgan fingerprint density at radius 3 is 2.79 bits per heavy atom. The van der Waals surface area contributed by atoms with Gasteiger partial charge in [0, 0.05) is 45.2 Å². The van der Waals surface area contributed by atoms with Gasteiger partial charge in [-0.15, -0.1) is 0 Å². The third-order valence-electron chi connectivity index (χ3n) is 4.41. The van der Waals surface area contributed by atoms with E-state index in [1.165, 1.54) is 12.7 Å². The van der Waals surface area contributed by atoms with Gasteiger partial charge in [-0.25, -0.2) is 0 Å². The van der Waals surface area contributed by atoms with Crippen molar-refractivity contribution in [1.82, 2.24) is 10.2 Å². The average molecular weight is 354 g/mol. The van der Waals surface area contributed by atoms with Crippen LogP contribution in [0.2, 0.25) is 0 Å². The van der Waals surface area contributed by atoms with E-state index >= 15 is 0 Å². The number of thiophene rings is 1. The van der Waals surface area contributed by atoms with Crippen molar-refractivity contribution in [3.8, 4) is 0 Å². The first-order valence-corrected chi connectivity index (χ1v) is 9.24. The Balaban J connectivity index is 1.72. The zero-order chi connectivity index (χ0) is 17.4. The molecule has 2 amide bonds. The SMILES string of the molecule is COCC(=O)N1CCC(C(=O)NC[C@@H](CO)Cc2ccsc2)CC1. The number of hydrogen-bond acceptors (Lipinski definition) is 5. The predicted octanol–water partition coefficient (Wildman–Crippen LogP) is 0.900. The molecule has 1 aliphatic rings. The molecule has 2 heterocycles. The number of aliphatic hydroxyl groups is 1. The molecule has 0 spiro atoms. The summed E-state index contributed by atoms with van der Waals surface area (Å²) >= 11 is 1.63. The summed E-state index contributed by atoms with van der Waals surface area (Å²) in [6.45, 7) is 1.82. The van der Waals surface area contributed by atoms with Crippen molar-refractivity contribution in [2.24, 2.45) is 11.8 Å². The molecule has 0 radical (unpaired) electrons. The van der Waals surface area contributed by atoms with Gasteiger partial charge in [-0.05, 0) is 41.7 Å². The fourth-order valence-corrected chi connectivity index (χ4v) is 3.62. The third-order valence-corrected chi connectivity index (χ3v) is 5.15. The van der Waals surface area contributed by atoms with Crippen LogP contribution in [0, 0.1) is 11.8 Å². The second-order valence-corrected chi connectivity index (χ2v) is 7.00. The molecule has 1 atom stereocenters. The van der Waals surface area contributed by atoms with Crippen LogP contribution in [-0.4, -0.2) is 61.8 Å². The molecule has 24 heavy (non-hydrogen) atoms. The number of rotatable bonds is 8. The smallest absolute Gasteiger partial charge is 0.248 e. The van der Waals surface area contributed by atoms with E-state index in [2.05, 4.69) is 10.7 Å². The molecular weight excluding hydrogens is 328 g/mol. The Labute approximate surface area is 146 Å². The first-order valence-electron chi connectivity index (χ1n) is 8.30. The predicted molar refractivity (Wildman–Crippen MR) is 92.8 cm³/mol. The fraction of sp³-hybridized carbons (Fsp3) is 0.647. The number of likely N-dealkylation sites (tertiary alicyclic amines) is 1. The molecule has 2 rings (SSSR count). The second kappa shape index (κ2) is 9.76. The number of hydrogen-bond donors (Lipinski definition) is 2. The molecule has 7 heteroatoms. The summed E-state index contributed by atoms with van der Waals surface area (Å²) in [6.07, 6.45) is 2.12. The monoisotopic (exact) mass is 354 g/mol. The number of carbonyl (C=O) groups excluding carboxylic acids is 2. The Kier molecular flexibility index (Phi) is 7.68. The van der Waals surface area contributed by atoms with E-state index in [4.69, 9.17) is 4.74 Å². The van der Waals surface area contributed by atoms with Crippen molar-refractivity contribution in [3.05, 3.63) is 22.4 Å². The fourth-order valence-electron chi connectivity index (χ4n) is 2.94. The van der Waals surface area contributed by atoms with E-state index < -0.39 is 0 Å². The highest BCUT2D eigenvalue weighted by atomic mass is 32.1. The molecule has 0 unspecified atom stereocenters. The van der Waals surface area contributed by atoms with Crippen molar-refractivity contribution < 1.29 is 19.4 Å². The second-order valence-electron chi connectivity index (χ2n) is 6.22. The third kappa shape index (κ3) is 5.58. The summed E-state index contributed by atoms with van der Waals surface area (Å²) < 4.78 is 4.86. The van der Waals surface area contributed by atoms with Gasteiger partial charge in [0.15, 0.2) is 0 Å². The summed E-state index contributed by atoms with van der Waals surface area (Å²) in [6, 6.07) is 2.04. The van der Waals surface area contributed by atoms with Gasteiger partial charge in [-0.1, -0.05) is 0 Å². The minimum Gasteiger partial charge on any atom is -0.396 e. The number of amides is 2. The zero-order valence-electron chi connectivity index (χ0n) is 14.1. The van der Waals surface area contributed by atoms with E-state index in [0.717, 1.165) is 6.42 Å². The molecule has 2 N–H and O–H groups in total. The lowest BCUT2D eigenvalue weighted by Gasteiger charge is -2.31. The summed E-state index contributed by atoms with van der Waals surface area (Å²) in [5.74, 6) is -0.0194. The van der Waals surface area contributed by atoms with Gasteiger partial charge in [0.25, 0.3) is 0 Å².